The van der Waals surface area contributed by atoms with Crippen LogP contribution in [0.1, 0.15) is 29.7 Å². The molecule has 2 heterocycles. The minimum Gasteiger partial charge on any atom is -0.506 e. The minimum absolute atomic E-state index is 0.0340. The molecule has 5 nitrogen and oxygen atoms in total. The molecule has 3 aromatic rings. The van der Waals surface area contributed by atoms with E-state index in [0.29, 0.717) is 17.3 Å². The highest BCUT2D eigenvalue weighted by Gasteiger charge is 2.34. The van der Waals surface area contributed by atoms with Crippen molar-refractivity contribution in [3.63, 3.8) is 0 Å². The summed E-state index contributed by atoms with van der Waals surface area (Å²) in [6.45, 7) is 2.67. The van der Waals surface area contributed by atoms with Gasteiger partial charge in [0.25, 0.3) is 0 Å². The van der Waals surface area contributed by atoms with Crippen molar-refractivity contribution in [3.05, 3.63) is 64.3 Å². The largest absolute Gasteiger partial charge is 0.506 e. The number of phenols is 1. The molecule has 2 N–H and O–H groups in total. The number of rotatable bonds is 5. The molecule has 1 aromatic heterocycles. The Kier molecular flexibility index (Phi) is 6.82. The molecule has 172 valence electrons. The van der Waals surface area contributed by atoms with E-state index in [1.54, 1.807) is 18.2 Å². The van der Waals surface area contributed by atoms with Gasteiger partial charge in [0.05, 0.1) is 12.2 Å². The van der Waals surface area contributed by atoms with Gasteiger partial charge in [0.1, 0.15) is 23.7 Å². The normalized spacial score (nSPS) is 14.2. The van der Waals surface area contributed by atoms with Crippen LogP contribution in [0.3, 0.4) is 0 Å². The van der Waals surface area contributed by atoms with Gasteiger partial charge < -0.3 is 9.84 Å². The van der Waals surface area contributed by atoms with E-state index in [1.165, 1.54) is 6.07 Å². The lowest BCUT2D eigenvalue weighted by Crippen LogP contribution is -2.19. The zero-order valence-corrected chi connectivity index (χ0v) is 18.3. The first-order valence-corrected chi connectivity index (χ1v) is 10.8. The third-order valence-electron chi connectivity index (χ3n) is 5.32. The number of aromatic nitrogens is 2. The van der Waals surface area contributed by atoms with Crippen LogP contribution in [-0.4, -0.2) is 39.8 Å². The Morgan fingerprint density at radius 2 is 1.85 bits per heavy atom. The van der Waals surface area contributed by atoms with Crippen molar-refractivity contribution in [3.8, 4) is 34.6 Å². The third-order valence-corrected chi connectivity index (χ3v) is 5.57. The molecule has 1 fully saturated rings. The Balaban J connectivity index is 1.64. The van der Waals surface area contributed by atoms with Crippen LogP contribution < -0.4 is 4.74 Å². The summed E-state index contributed by atoms with van der Waals surface area (Å²) < 4.78 is 44.8. The molecule has 0 saturated carbocycles. The Morgan fingerprint density at radius 3 is 2.52 bits per heavy atom. The topological polar surface area (TPSA) is 61.4 Å². The maximum Gasteiger partial charge on any atom is 0.435 e. The van der Waals surface area contributed by atoms with Crippen LogP contribution in [0.25, 0.3) is 11.3 Å². The van der Waals surface area contributed by atoms with E-state index in [-0.39, 0.29) is 29.2 Å². The minimum atomic E-state index is -4.59. The molecular formula is C24H21ClF3N3O2. The average molecular weight is 476 g/mol. The summed E-state index contributed by atoms with van der Waals surface area (Å²) in [5.41, 5.74) is 0.196. The maximum atomic E-state index is 13.0. The molecule has 0 bridgehead atoms. The molecule has 0 aliphatic carbocycles. The number of aromatic hydroxyl groups is 1. The summed E-state index contributed by atoms with van der Waals surface area (Å²) in [5.74, 6) is 6.07. The van der Waals surface area contributed by atoms with Gasteiger partial charge in [-0.1, -0.05) is 35.6 Å². The predicted molar refractivity (Wildman–Crippen MR) is 119 cm³/mol. The van der Waals surface area contributed by atoms with E-state index in [2.05, 4.69) is 26.9 Å². The van der Waals surface area contributed by atoms with Crippen LogP contribution in [0, 0.1) is 11.8 Å². The number of likely N-dealkylation sites (tertiary alicyclic amines) is 1. The second kappa shape index (κ2) is 9.77. The van der Waals surface area contributed by atoms with Crippen molar-refractivity contribution in [1.82, 2.24) is 15.1 Å². The Morgan fingerprint density at radius 1 is 1.12 bits per heavy atom. The molecular weight excluding hydrogens is 455 g/mol. The van der Waals surface area contributed by atoms with E-state index in [1.807, 2.05) is 12.1 Å². The van der Waals surface area contributed by atoms with Gasteiger partial charge in [-0.25, -0.2) is 0 Å². The Hall–Kier alpha value is -3.15. The van der Waals surface area contributed by atoms with Crippen LogP contribution >= 0.6 is 11.6 Å². The number of nitrogens with one attached hydrogen (secondary N) is 1. The van der Waals surface area contributed by atoms with Gasteiger partial charge >= 0.3 is 6.18 Å². The van der Waals surface area contributed by atoms with Gasteiger partial charge in [-0.05, 0) is 61.8 Å². The number of alkyl halides is 3. The fourth-order valence-corrected chi connectivity index (χ4v) is 3.68. The first-order valence-electron chi connectivity index (χ1n) is 10.4. The van der Waals surface area contributed by atoms with Crippen LogP contribution in [-0.2, 0) is 12.8 Å². The molecule has 0 atom stereocenters. The number of benzene rings is 2. The number of aromatic amines is 1. The highest BCUT2D eigenvalue weighted by Crippen LogP contribution is 2.38. The van der Waals surface area contributed by atoms with E-state index in [0.717, 1.165) is 37.6 Å². The van der Waals surface area contributed by atoms with Crippen molar-refractivity contribution in [1.29, 1.82) is 0 Å². The second-order valence-electron chi connectivity index (χ2n) is 7.70. The van der Waals surface area contributed by atoms with E-state index in [9.17, 15) is 18.3 Å². The fraction of sp³-hybridized carbons (Fsp3) is 0.292. The molecule has 1 saturated heterocycles. The van der Waals surface area contributed by atoms with Crippen molar-refractivity contribution in [2.45, 2.75) is 25.6 Å². The first kappa shape index (κ1) is 23.0. The standard InChI is InChI=1S/C24H21ClF3N3O2/c25-17-7-5-16(6-8-17)15-33-21-10-9-18(20-14-22(30-29-20)24(26,27)28)23(32)19(21)4-3-13-31-11-1-2-12-31/h5-10,14,32H,1-2,11-13,15H2,(H,29,30). The van der Waals surface area contributed by atoms with Crippen molar-refractivity contribution >= 4 is 11.6 Å². The number of hydrogen-bond donors (Lipinski definition) is 2. The number of phenolic OH excluding ortho intramolecular Hbond substituents is 1. The van der Waals surface area contributed by atoms with Crippen molar-refractivity contribution in [2.75, 3.05) is 19.6 Å². The third kappa shape index (κ3) is 5.62. The van der Waals surface area contributed by atoms with Crippen LogP contribution in [0.4, 0.5) is 13.2 Å². The molecule has 0 spiro atoms. The number of ether oxygens (including phenoxy) is 1. The van der Waals surface area contributed by atoms with Gasteiger partial charge in [-0.2, -0.15) is 18.3 Å². The summed E-state index contributed by atoms with van der Waals surface area (Å²) in [7, 11) is 0. The SMILES string of the molecule is Oc1c(-c2cc(C(F)(F)F)n[nH]2)ccc(OCc2ccc(Cl)cc2)c1C#CCN1CCCC1. The second-order valence-corrected chi connectivity index (χ2v) is 8.14. The predicted octanol–water partition coefficient (Wildman–Crippen LogP) is 5.48. The summed E-state index contributed by atoms with van der Waals surface area (Å²) in [4.78, 5) is 2.20. The Bertz CT molecular complexity index is 1170. The van der Waals surface area contributed by atoms with Crippen molar-refractivity contribution < 1.29 is 23.0 Å². The zero-order valence-electron chi connectivity index (χ0n) is 17.5. The molecule has 1 aliphatic rings. The molecule has 9 heteroatoms. The van der Waals surface area contributed by atoms with Gasteiger partial charge in [-0.3, -0.25) is 10.00 Å². The van der Waals surface area contributed by atoms with Gasteiger partial charge in [0, 0.05) is 10.6 Å². The molecule has 0 amide bonds. The molecule has 0 unspecified atom stereocenters. The quantitative estimate of drug-likeness (QED) is 0.480. The summed E-state index contributed by atoms with van der Waals surface area (Å²) in [5, 5.41) is 17.2. The van der Waals surface area contributed by atoms with Crippen LogP contribution in [0.2, 0.25) is 5.02 Å². The number of halogens is 4. The van der Waals surface area contributed by atoms with Crippen molar-refractivity contribution in [2.24, 2.45) is 0 Å². The molecule has 2 aromatic carbocycles. The van der Waals surface area contributed by atoms with E-state index < -0.39 is 11.9 Å². The number of nitrogens with zero attached hydrogens (tertiary/aromatic N) is 2. The Labute approximate surface area is 194 Å². The molecule has 33 heavy (non-hydrogen) atoms. The lowest BCUT2D eigenvalue weighted by molar-refractivity contribution is -0.141. The lowest BCUT2D eigenvalue weighted by atomic mass is 10.0. The summed E-state index contributed by atoms with van der Waals surface area (Å²) >= 11 is 5.92. The molecule has 4 rings (SSSR count). The highest BCUT2D eigenvalue weighted by molar-refractivity contribution is 6.30. The van der Waals surface area contributed by atoms with E-state index in [4.69, 9.17) is 16.3 Å². The monoisotopic (exact) mass is 475 g/mol. The molecule has 1 aliphatic heterocycles. The highest BCUT2D eigenvalue weighted by atomic mass is 35.5. The van der Waals surface area contributed by atoms with Crippen LogP contribution in [0.5, 0.6) is 11.5 Å². The first-order chi connectivity index (χ1) is 15.8. The lowest BCUT2D eigenvalue weighted by Gasteiger charge is -2.13. The summed E-state index contributed by atoms with van der Waals surface area (Å²) in [6.07, 6.45) is -2.34. The van der Waals surface area contributed by atoms with E-state index >= 15 is 0 Å². The fourth-order valence-electron chi connectivity index (χ4n) is 3.56. The van der Waals surface area contributed by atoms with Gasteiger partial charge in [0.15, 0.2) is 5.69 Å². The number of hydrogen-bond acceptors (Lipinski definition) is 4. The maximum absolute atomic E-state index is 13.0. The van der Waals surface area contributed by atoms with Crippen LogP contribution in [0.15, 0.2) is 42.5 Å². The van der Waals surface area contributed by atoms with Gasteiger partial charge in [-0.15, -0.1) is 0 Å². The smallest absolute Gasteiger partial charge is 0.435 e. The zero-order chi connectivity index (χ0) is 23.4. The number of H-pyrrole nitrogens is 1. The average Bonchev–Trinajstić information content (AvgIpc) is 3.47. The summed E-state index contributed by atoms with van der Waals surface area (Å²) in [6, 6.07) is 11.0. The van der Waals surface area contributed by atoms with Gasteiger partial charge in [0.2, 0.25) is 0 Å². The molecule has 0 radical (unpaired) electrons.